The van der Waals surface area contributed by atoms with E-state index in [1.165, 1.54) is 0 Å². The summed E-state index contributed by atoms with van der Waals surface area (Å²) in [5.74, 6) is 2.09. The number of hydrogen-bond donors (Lipinski definition) is 2. The maximum atomic E-state index is 5.30. The van der Waals surface area contributed by atoms with Crippen LogP contribution in [0.4, 0.5) is 17.5 Å². The number of aromatic nitrogens is 2. The largest absolute Gasteiger partial charge is 0.495 e. The number of nitrogens with one attached hydrogen (secondary N) is 2. The number of hydrogen-bond acceptors (Lipinski definition) is 6. The number of rotatable bonds is 7. The van der Waals surface area contributed by atoms with E-state index in [2.05, 4.69) is 25.5 Å². The molecular formula is C15H21N5O. The molecule has 0 amide bonds. The summed E-state index contributed by atoms with van der Waals surface area (Å²) < 4.78 is 5.30. The average Bonchev–Trinajstić information content (AvgIpc) is 2.48. The van der Waals surface area contributed by atoms with E-state index in [-0.39, 0.29) is 0 Å². The lowest BCUT2D eigenvalue weighted by Gasteiger charge is -2.12. The summed E-state index contributed by atoms with van der Waals surface area (Å²) in [5, 5.41) is 6.43. The first kappa shape index (κ1) is 15.1. The first-order valence-corrected chi connectivity index (χ1v) is 6.80. The molecule has 0 bridgehead atoms. The van der Waals surface area contributed by atoms with Crippen molar-refractivity contribution in [3.05, 3.63) is 36.5 Å². The van der Waals surface area contributed by atoms with Gasteiger partial charge in [0.25, 0.3) is 0 Å². The van der Waals surface area contributed by atoms with Crippen molar-refractivity contribution >= 4 is 17.5 Å². The Kier molecular flexibility index (Phi) is 5.34. The molecule has 112 valence electrons. The van der Waals surface area contributed by atoms with Crippen molar-refractivity contribution in [2.75, 3.05) is 44.9 Å². The number of benzene rings is 1. The van der Waals surface area contributed by atoms with E-state index in [0.29, 0.717) is 5.95 Å². The second-order valence-electron chi connectivity index (χ2n) is 4.82. The standard InChI is InChI=1S/C15H21N5O/c1-20(2)11-10-16-14-8-9-17-15(19-14)18-12-6-4-5-7-13(12)21-3/h4-9H,10-11H2,1-3H3,(H2,16,17,18,19). The third kappa shape index (κ3) is 4.61. The van der Waals surface area contributed by atoms with Gasteiger partial charge in [-0.15, -0.1) is 0 Å². The SMILES string of the molecule is COc1ccccc1Nc1nccc(NCCN(C)C)n1. The highest BCUT2D eigenvalue weighted by molar-refractivity contribution is 5.62. The van der Waals surface area contributed by atoms with Crippen LogP contribution in [-0.2, 0) is 0 Å². The van der Waals surface area contributed by atoms with Gasteiger partial charge in [0.15, 0.2) is 0 Å². The third-order valence-corrected chi connectivity index (χ3v) is 2.87. The number of ether oxygens (including phenoxy) is 1. The monoisotopic (exact) mass is 287 g/mol. The molecule has 2 rings (SSSR count). The molecule has 0 spiro atoms. The van der Waals surface area contributed by atoms with Crippen molar-refractivity contribution in [1.82, 2.24) is 14.9 Å². The fourth-order valence-corrected chi connectivity index (χ4v) is 1.79. The van der Waals surface area contributed by atoms with Crippen molar-refractivity contribution < 1.29 is 4.74 Å². The summed E-state index contributed by atoms with van der Waals surface area (Å²) >= 11 is 0. The summed E-state index contributed by atoms with van der Waals surface area (Å²) in [4.78, 5) is 10.8. The minimum atomic E-state index is 0.536. The van der Waals surface area contributed by atoms with Crippen molar-refractivity contribution in [2.24, 2.45) is 0 Å². The lowest BCUT2D eigenvalue weighted by atomic mass is 10.3. The van der Waals surface area contributed by atoms with E-state index in [0.717, 1.165) is 30.3 Å². The van der Waals surface area contributed by atoms with Crippen LogP contribution in [0.5, 0.6) is 5.75 Å². The zero-order valence-electron chi connectivity index (χ0n) is 12.6. The number of anilines is 3. The molecule has 0 aliphatic carbocycles. The zero-order valence-corrected chi connectivity index (χ0v) is 12.6. The lowest BCUT2D eigenvalue weighted by molar-refractivity contribution is 0.417. The fourth-order valence-electron chi connectivity index (χ4n) is 1.79. The summed E-state index contributed by atoms with van der Waals surface area (Å²) in [7, 11) is 5.72. The van der Waals surface area contributed by atoms with Crippen LogP contribution >= 0.6 is 0 Å². The normalized spacial score (nSPS) is 10.5. The van der Waals surface area contributed by atoms with Gasteiger partial charge in [-0.3, -0.25) is 0 Å². The summed E-state index contributed by atoms with van der Waals surface area (Å²) in [6.45, 7) is 1.78. The van der Waals surface area contributed by atoms with Gasteiger partial charge in [-0.25, -0.2) is 4.98 Å². The average molecular weight is 287 g/mol. The van der Waals surface area contributed by atoms with Gasteiger partial charge in [0, 0.05) is 19.3 Å². The van der Waals surface area contributed by atoms with Crippen molar-refractivity contribution in [2.45, 2.75) is 0 Å². The molecule has 1 aromatic carbocycles. The van der Waals surface area contributed by atoms with Crippen LogP contribution in [0.2, 0.25) is 0 Å². The lowest BCUT2D eigenvalue weighted by Crippen LogP contribution is -2.21. The molecule has 21 heavy (non-hydrogen) atoms. The Morgan fingerprint density at radius 2 is 2.00 bits per heavy atom. The maximum Gasteiger partial charge on any atom is 0.229 e. The van der Waals surface area contributed by atoms with Crippen LogP contribution in [0.1, 0.15) is 0 Å². The molecule has 6 nitrogen and oxygen atoms in total. The van der Waals surface area contributed by atoms with Gasteiger partial charge in [-0.2, -0.15) is 4.98 Å². The minimum absolute atomic E-state index is 0.536. The highest BCUT2D eigenvalue weighted by atomic mass is 16.5. The summed E-state index contributed by atoms with van der Waals surface area (Å²) in [6.07, 6.45) is 1.72. The van der Waals surface area contributed by atoms with Gasteiger partial charge in [-0.1, -0.05) is 12.1 Å². The number of methoxy groups -OCH3 is 1. The van der Waals surface area contributed by atoms with Crippen molar-refractivity contribution in [1.29, 1.82) is 0 Å². The van der Waals surface area contributed by atoms with E-state index in [1.807, 2.05) is 44.4 Å². The Balaban J connectivity index is 2.03. The smallest absolute Gasteiger partial charge is 0.229 e. The van der Waals surface area contributed by atoms with Gasteiger partial charge >= 0.3 is 0 Å². The molecule has 0 radical (unpaired) electrons. The van der Waals surface area contributed by atoms with Gasteiger partial charge in [0.1, 0.15) is 11.6 Å². The van der Waals surface area contributed by atoms with Gasteiger partial charge < -0.3 is 20.3 Å². The molecule has 0 unspecified atom stereocenters. The molecule has 0 aliphatic rings. The third-order valence-electron chi connectivity index (χ3n) is 2.87. The maximum absolute atomic E-state index is 5.30. The molecule has 1 aromatic heterocycles. The fraction of sp³-hybridized carbons (Fsp3) is 0.333. The molecule has 0 saturated carbocycles. The molecule has 0 saturated heterocycles. The zero-order chi connectivity index (χ0) is 15.1. The Labute approximate surface area is 125 Å². The predicted octanol–water partition coefficient (Wildman–Crippen LogP) is 2.20. The molecule has 6 heteroatoms. The van der Waals surface area contributed by atoms with E-state index in [9.17, 15) is 0 Å². The van der Waals surface area contributed by atoms with Crippen LogP contribution in [-0.4, -0.2) is 49.2 Å². The first-order chi connectivity index (χ1) is 10.2. The van der Waals surface area contributed by atoms with Gasteiger partial charge in [0.2, 0.25) is 5.95 Å². The van der Waals surface area contributed by atoms with E-state index in [4.69, 9.17) is 4.74 Å². The summed E-state index contributed by atoms with van der Waals surface area (Å²) in [6, 6.07) is 9.52. The van der Waals surface area contributed by atoms with Crippen LogP contribution in [0.25, 0.3) is 0 Å². The molecule has 0 atom stereocenters. The Bertz CT molecular complexity index is 573. The number of likely N-dealkylation sites (N-methyl/N-ethyl adjacent to an activating group) is 1. The molecule has 2 N–H and O–H groups in total. The number of nitrogens with zero attached hydrogens (tertiary/aromatic N) is 3. The topological polar surface area (TPSA) is 62.3 Å². The second-order valence-corrected chi connectivity index (χ2v) is 4.82. The van der Waals surface area contributed by atoms with Crippen LogP contribution in [0.3, 0.4) is 0 Å². The highest BCUT2D eigenvalue weighted by Gasteiger charge is 2.04. The van der Waals surface area contributed by atoms with Crippen molar-refractivity contribution in [3.8, 4) is 5.75 Å². The molecular weight excluding hydrogens is 266 g/mol. The Morgan fingerprint density at radius 1 is 1.19 bits per heavy atom. The number of para-hydroxylation sites is 2. The first-order valence-electron chi connectivity index (χ1n) is 6.80. The quantitative estimate of drug-likeness (QED) is 0.814. The molecule has 1 heterocycles. The molecule has 0 aliphatic heterocycles. The molecule has 0 fully saturated rings. The highest BCUT2D eigenvalue weighted by Crippen LogP contribution is 2.25. The van der Waals surface area contributed by atoms with Gasteiger partial charge in [-0.05, 0) is 32.3 Å². The Morgan fingerprint density at radius 3 is 2.76 bits per heavy atom. The van der Waals surface area contributed by atoms with Crippen LogP contribution in [0.15, 0.2) is 36.5 Å². The summed E-state index contributed by atoms with van der Waals surface area (Å²) in [5.41, 5.74) is 0.838. The second kappa shape index (κ2) is 7.44. The van der Waals surface area contributed by atoms with E-state index >= 15 is 0 Å². The minimum Gasteiger partial charge on any atom is -0.495 e. The van der Waals surface area contributed by atoms with E-state index < -0.39 is 0 Å². The van der Waals surface area contributed by atoms with Crippen molar-refractivity contribution in [3.63, 3.8) is 0 Å². The van der Waals surface area contributed by atoms with Crippen LogP contribution < -0.4 is 15.4 Å². The van der Waals surface area contributed by atoms with Crippen LogP contribution in [0, 0.1) is 0 Å². The Hall–Kier alpha value is -2.34. The van der Waals surface area contributed by atoms with E-state index in [1.54, 1.807) is 13.3 Å². The van der Waals surface area contributed by atoms with Gasteiger partial charge in [0.05, 0.1) is 12.8 Å². The molecule has 2 aromatic rings. The predicted molar refractivity (Wildman–Crippen MR) is 85.4 cm³/mol.